The Hall–Kier alpha value is -1.15. The molecule has 0 saturated carbocycles. The minimum absolute atomic E-state index is 0.192. The molecule has 76 valence electrons. The second kappa shape index (κ2) is 4.38. The maximum atomic E-state index is 10.6. The molecule has 1 aromatic carbocycles. The average molecular weight is 258 g/mol. The molecule has 1 rings (SSSR count). The van der Waals surface area contributed by atoms with Crippen LogP contribution in [-0.2, 0) is 11.2 Å². The summed E-state index contributed by atoms with van der Waals surface area (Å²) >= 11 is 1.13. The fourth-order valence-corrected chi connectivity index (χ4v) is 1.61. The molecule has 0 aliphatic heterocycles. The molecule has 3 N–H and O–H groups in total. The van der Waals surface area contributed by atoms with E-state index in [9.17, 15) is 4.79 Å². The van der Waals surface area contributed by atoms with Crippen LogP contribution in [0.4, 0.5) is 0 Å². The summed E-state index contributed by atoms with van der Waals surface area (Å²) in [6.45, 7) is 0. The van der Waals surface area contributed by atoms with Crippen molar-refractivity contribution in [3.63, 3.8) is 0 Å². The Bertz CT molecular complexity index is 351. The summed E-state index contributed by atoms with van der Waals surface area (Å²) in [6.07, 6.45) is 0.364. The number of aliphatic carboxylic acids is 1. The maximum absolute atomic E-state index is 10.6. The fourth-order valence-electron chi connectivity index (χ4n) is 1.04. The van der Waals surface area contributed by atoms with Crippen LogP contribution in [0.3, 0.4) is 0 Å². The SMILES string of the molecule is O=C(O)[C@@H]([AsH2])Cc1ccc(O)c(O)c1. The van der Waals surface area contributed by atoms with Gasteiger partial charge < -0.3 is 0 Å². The van der Waals surface area contributed by atoms with Gasteiger partial charge in [0.2, 0.25) is 0 Å². The number of aromatic hydroxyl groups is 2. The Balaban J connectivity index is 2.78. The molecule has 4 nitrogen and oxygen atoms in total. The molecule has 0 aliphatic carbocycles. The first kappa shape index (κ1) is 10.9. The summed E-state index contributed by atoms with van der Waals surface area (Å²) in [5.74, 6) is -1.26. The van der Waals surface area contributed by atoms with E-state index < -0.39 is 10.7 Å². The summed E-state index contributed by atoms with van der Waals surface area (Å²) in [4.78, 5) is 10.6. The first-order chi connectivity index (χ1) is 6.50. The van der Waals surface area contributed by atoms with Gasteiger partial charge in [0, 0.05) is 0 Å². The molecular formula is C9H11AsO4. The molecule has 0 radical (unpaired) electrons. The molecule has 0 aromatic heterocycles. The van der Waals surface area contributed by atoms with Crippen LogP contribution in [0.15, 0.2) is 18.2 Å². The standard InChI is InChI=1S/C9H11AsO4/c10-6(9(13)14)3-5-1-2-7(11)8(12)4-5/h1-2,4,6,11-12H,3,10H2,(H,13,14)/t6-/m0/s1. The van der Waals surface area contributed by atoms with E-state index in [2.05, 4.69) is 0 Å². The fraction of sp³-hybridized carbons (Fsp3) is 0.222. The summed E-state index contributed by atoms with van der Waals surface area (Å²) < 4.78 is -0.438. The van der Waals surface area contributed by atoms with Gasteiger partial charge in [-0.05, 0) is 0 Å². The van der Waals surface area contributed by atoms with Crippen LogP contribution in [-0.4, -0.2) is 38.1 Å². The number of benzene rings is 1. The molecule has 14 heavy (non-hydrogen) atoms. The van der Waals surface area contributed by atoms with E-state index in [1.165, 1.54) is 12.1 Å². The second-order valence-corrected chi connectivity index (χ2v) is 4.66. The van der Waals surface area contributed by atoms with E-state index in [4.69, 9.17) is 15.3 Å². The van der Waals surface area contributed by atoms with Crippen LogP contribution in [0.2, 0.25) is 4.71 Å². The normalized spacial score (nSPS) is 12.4. The van der Waals surface area contributed by atoms with Gasteiger partial charge >= 0.3 is 89.3 Å². The van der Waals surface area contributed by atoms with Crippen LogP contribution in [0.1, 0.15) is 5.56 Å². The Kier molecular flexibility index (Phi) is 3.42. The van der Waals surface area contributed by atoms with E-state index in [1.54, 1.807) is 6.07 Å². The van der Waals surface area contributed by atoms with Gasteiger partial charge in [0.15, 0.2) is 0 Å². The molecule has 1 aromatic rings. The van der Waals surface area contributed by atoms with Crippen molar-refractivity contribution in [1.82, 2.24) is 0 Å². The van der Waals surface area contributed by atoms with Crippen molar-refractivity contribution in [2.45, 2.75) is 11.1 Å². The van der Waals surface area contributed by atoms with Crippen LogP contribution in [0.25, 0.3) is 0 Å². The second-order valence-electron chi connectivity index (χ2n) is 2.97. The third kappa shape index (κ3) is 2.67. The Morgan fingerprint density at radius 2 is 2.00 bits per heavy atom. The molecule has 0 spiro atoms. The summed E-state index contributed by atoms with van der Waals surface area (Å²) in [7, 11) is 0. The quantitative estimate of drug-likeness (QED) is 0.532. The number of carbonyl (C=O) groups is 1. The van der Waals surface area contributed by atoms with Crippen LogP contribution in [0, 0.1) is 0 Å². The van der Waals surface area contributed by atoms with Gasteiger partial charge in [0.1, 0.15) is 0 Å². The number of rotatable bonds is 3. The van der Waals surface area contributed by atoms with Gasteiger partial charge in [-0.15, -0.1) is 0 Å². The van der Waals surface area contributed by atoms with Gasteiger partial charge in [0.05, 0.1) is 0 Å². The van der Waals surface area contributed by atoms with Crippen molar-refractivity contribution in [2.24, 2.45) is 0 Å². The molecule has 0 amide bonds. The number of phenols is 2. The Morgan fingerprint density at radius 3 is 2.50 bits per heavy atom. The zero-order valence-corrected chi connectivity index (χ0v) is 9.77. The molecule has 0 bridgehead atoms. The van der Waals surface area contributed by atoms with E-state index >= 15 is 0 Å². The predicted octanol–water partition coefficient (Wildman–Crippen LogP) is 0.146. The number of carboxylic acids is 1. The van der Waals surface area contributed by atoms with E-state index in [-0.39, 0.29) is 11.5 Å². The van der Waals surface area contributed by atoms with Crippen LogP contribution < -0.4 is 0 Å². The van der Waals surface area contributed by atoms with Crippen molar-refractivity contribution in [3.05, 3.63) is 23.8 Å². The van der Waals surface area contributed by atoms with Crippen molar-refractivity contribution < 1.29 is 20.1 Å². The number of phenolic OH excluding ortho intramolecular Hbond substituents is 2. The minimum atomic E-state index is -0.849. The summed E-state index contributed by atoms with van der Waals surface area (Å²) in [5, 5.41) is 26.9. The summed E-state index contributed by atoms with van der Waals surface area (Å²) in [6, 6.07) is 4.33. The molecular weight excluding hydrogens is 247 g/mol. The first-order valence-electron chi connectivity index (χ1n) is 4.00. The van der Waals surface area contributed by atoms with Crippen molar-refractivity contribution >= 4 is 22.8 Å². The molecule has 0 aliphatic rings. The van der Waals surface area contributed by atoms with E-state index in [0.717, 1.165) is 16.9 Å². The number of hydrogen-bond donors (Lipinski definition) is 3. The number of carboxylic acid groups (broad SMARTS) is 1. The molecule has 1 unspecified atom stereocenters. The van der Waals surface area contributed by atoms with Crippen molar-refractivity contribution in [3.8, 4) is 11.5 Å². The van der Waals surface area contributed by atoms with Gasteiger partial charge in [-0.3, -0.25) is 0 Å². The number of hydrogen-bond acceptors (Lipinski definition) is 3. The monoisotopic (exact) mass is 258 g/mol. The zero-order chi connectivity index (χ0) is 10.7. The van der Waals surface area contributed by atoms with Gasteiger partial charge in [-0.1, -0.05) is 0 Å². The Morgan fingerprint density at radius 1 is 1.36 bits per heavy atom. The van der Waals surface area contributed by atoms with Gasteiger partial charge in [-0.25, -0.2) is 0 Å². The Labute approximate surface area is 89.7 Å². The molecule has 0 fully saturated rings. The molecule has 0 heterocycles. The average Bonchev–Trinajstić information content (AvgIpc) is 2.11. The van der Waals surface area contributed by atoms with E-state index in [1.807, 2.05) is 0 Å². The topological polar surface area (TPSA) is 77.8 Å². The third-order valence-corrected chi connectivity index (χ3v) is 2.91. The van der Waals surface area contributed by atoms with Crippen molar-refractivity contribution in [1.29, 1.82) is 0 Å². The summed E-state index contributed by atoms with van der Waals surface area (Å²) in [5.41, 5.74) is 0.706. The van der Waals surface area contributed by atoms with Gasteiger partial charge in [-0.2, -0.15) is 0 Å². The third-order valence-electron chi connectivity index (χ3n) is 1.81. The molecule has 2 atom stereocenters. The molecule has 0 saturated heterocycles. The zero-order valence-electron chi connectivity index (χ0n) is 7.34. The van der Waals surface area contributed by atoms with Crippen molar-refractivity contribution in [2.75, 3.05) is 0 Å². The first-order valence-corrected chi connectivity index (χ1v) is 5.40. The van der Waals surface area contributed by atoms with E-state index in [0.29, 0.717) is 12.0 Å². The van der Waals surface area contributed by atoms with Gasteiger partial charge in [0.25, 0.3) is 0 Å². The predicted molar refractivity (Wildman–Crippen MR) is 53.4 cm³/mol. The van der Waals surface area contributed by atoms with Crippen LogP contribution >= 0.6 is 0 Å². The molecule has 5 heteroatoms. The van der Waals surface area contributed by atoms with Crippen LogP contribution in [0.5, 0.6) is 11.5 Å².